The number of aromatic nitrogens is 3. The van der Waals surface area contributed by atoms with Crippen LogP contribution in [0.4, 0.5) is 0 Å². The molecule has 1 unspecified atom stereocenters. The molecule has 4 rings (SSSR count). The van der Waals surface area contributed by atoms with Gasteiger partial charge in [-0.2, -0.15) is 5.10 Å². The van der Waals surface area contributed by atoms with E-state index in [2.05, 4.69) is 41.3 Å². The highest BCUT2D eigenvalue weighted by Gasteiger charge is 2.21. The van der Waals surface area contributed by atoms with Crippen LogP contribution in [0.25, 0.3) is 11.0 Å². The van der Waals surface area contributed by atoms with E-state index in [9.17, 15) is 0 Å². The molecule has 2 aromatic heterocycles. The molecule has 5 heteroatoms. The molecular formula is C19H17N3O2. The van der Waals surface area contributed by atoms with Crippen LogP contribution >= 0.6 is 0 Å². The van der Waals surface area contributed by atoms with Crippen LogP contribution in [-0.4, -0.2) is 21.9 Å². The smallest absolute Gasteiger partial charge is 0.138 e. The lowest BCUT2D eigenvalue weighted by Gasteiger charge is -2.15. The average Bonchev–Trinajstić information content (AvgIpc) is 3.26. The van der Waals surface area contributed by atoms with Crippen LogP contribution in [0.2, 0.25) is 0 Å². The van der Waals surface area contributed by atoms with E-state index in [1.807, 2.05) is 24.3 Å². The maximum atomic E-state index is 6.11. The van der Waals surface area contributed by atoms with Crippen LogP contribution < -0.4 is 4.74 Å². The van der Waals surface area contributed by atoms with Crippen LogP contribution in [0.3, 0.4) is 0 Å². The summed E-state index contributed by atoms with van der Waals surface area (Å²) in [5.41, 5.74) is 3.10. The van der Waals surface area contributed by atoms with E-state index in [1.54, 1.807) is 18.1 Å². The highest BCUT2D eigenvalue weighted by Crippen LogP contribution is 2.32. The molecule has 0 aliphatic rings. The van der Waals surface area contributed by atoms with E-state index in [0.717, 1.165) is 28.0 Å². The summed E-state index contributed by atoms with van der Waals surface area (Å²) in [6.07, 6.45) is 3.24. The Morgan fingerprint density at radius 2 is 1.92 bits per heavy atom. The number of nitrogens with zero attached hydrogens (tertiary/aromatic N) is 3. The quantitative estimate of drug-likeness (QED) is 0.571. The van der Waals surface area contributed by atoms with E-state index in [4.69, 9.17) is 9.15 Å². The zero-order valence-corrected chi connectivity index (χ0v) is 13.5. The average molecular weight is 319 g/mol. The van der Waals surface area contributed by atoms with E-state index in [1.165, 1.54) is 11.9 Å². The van der Waals surface area contributed by atoms with Gasteiger partial charge in [0.2, 0.25) is 0 Å². The van der Waals surface area contributed by atoms with Crippen molar-refractivity contribution in [2.24, 2.45) is 0 Å². The predicted molar refractivity (Wildman–Crippen MR) is 91.2 cm³/mol. The number of aryl methyl sites for hydroxylation is 1. The zero-order chi connectivity index (χ0) is 16.5. The van der Waals surface area contributed by atoms with Crippen molar-refractivity contribution in [1.29, 1.82) is 0 Å². The first-order valence-electron chi connectivity index (χ1n) is 7.73. The fraction of sp³-hybridized carbons (Fsp3) is 0.158. The van der Waals surface area contributed by atoms with Gasteiger partial charge in [0.1, 0.15) is 35.8 Å². The molecule has 2 aromatic carbocycles. The Morgan fingerprint density at radius 1 is 1.08 bits per heavy atom. The predicted octanol–water partition coefficient (Wildman–Crippen LogP) is 3.98. The van der Waals surface area contributed by atoms with E-state index < -0.39 is 0 Å². The number of furan rings is 1. The van der Waals surface area contributed by atoms with Gasteiger partial charge in [-0.25, -0.2) is 9.67 Å². The lowest BCUT2D eigenvalue weighted by atomic mass is 10.0. The Balaban J connectivity index is 1.85. The first-order chi connectivity index (χ1) is 11.7. The lowest BCUT2D eigenvalue weighted by Crippen LogP contribution is -2.12. The molecule has 0 amide bonds. The van der Waals surface area contributed by atoms with Gasteiger partial charge in [-0.1, -0.05) is 29.8 Å². The second-order valence-electron chi connectivity index (χ2n) is 5.74. The molecule has 0 saturated carbocycles. The minimum Gasteiger partial charge on any atom is -0.497 e. The van der Waals surface area contributed by atoms with Crippen molar-refractivity contribution in [2.45, 2.75) is 13.0 Å². The van der Waals surface area contributed by atoms with Crippen molar-refractivity contribution < 1.29 is 9.15 Å². The maximum absolute atomic E-state index is 6.11. The van der Waals surface area contributed by atoms with E-state index >= 15 is 0 Å². The molecule has 1 atom stereocenters. The standard InChI is InChI=1S/C19H17N3O2/c1-13-3-5-14(6-4-13)19(22-12-20-11-21-22)18-9-15-7-8-16(23-2)10-17(15)24-18/h3-12,19H,1-2H3. The van der Waals surface area contributed by atoms with Gasteiger partial charge in [0, 0.05) is 11.5 Å². The maximum Gasteiger partial charge on any atom is 0.138 e. The number of ether oxygens (including phenoxy) is 1. The number of methoxy groups -OCH3 is 1. The minimum absolute atomic E-state index is 0.161. The Kier molecular flexibility index (Phi) is 3.54. The molecule has 0 N–H and O–H groups in total. The van der Waals surface area contributed by atoms with Crippen molar-refractivity contribution in [3.63, 3.8) is 0 Å². The van der Waals surface area contributed by atoms with Gasteiger partial charge in [0.05, 0.1) is 7.11 Å². The van der Waals surface area contributed by atoms with Crippen LogP contribution in [0.15, 0.2) is 65.6 Å². The number of fused-ring (bicyclic) bond motifs is 1. The van der Waals surface area contributed by atoms with Crippen molar-refractivity contribution in [3.8, 4) is 5.75 Å². The first-order valence-corrected chi connectivity index (χ1v) is 7.73. The SMILES string of the molecule is COc1ccc2cc(C(c3ccc(C)cc3)n3cncn3)oc2c1. The van der Waals surface area contributed by atoms with Crippen molar-refractivity contribution in [3.05, 3.63) is 78.1 Å². The topological polar surface area (TPSA) is 53.1 Å². The summed E-state index contributed by atoms with van der Waals surface area (Å²) >= 11 is 0. The molecule has 24 heavy (non-hydrogen) atoms. The van der Waals surface area contributed by atoms with E-state index in [-0.39, 0.29) is 6.04 Å². The number of hydrogen-bond donors (Lipinski definition) is 0. The van der Waals surface area contributed by atoms with Gasteiger partial charge in [-0.15, -0.1) is 0 Å². The summed E-state index contributed by atoms with van der Waals surface area (Å²) in [6.45, 7) is 2.07. The fourth-order valence-corrected chi connectivity index (χ4v) is 2.84. The highest BCUT2D eigenvalue weighted by atomic mass is 16.5. The van der Waals surface area contributed by atoms with Crippen LogP contribution in [0, 0.1) is 6.92 Å². The molecule has 0 fully saturated rings. The molecule has 5 nitrogen and oxygen atoms in total. The van der Waals surface area contributed by atoms with Crippen molar-refractivity contribution in [1.82, 2.24) is 14.8 Å². The molecular weight excluding hydrogens is 302 g/mol. The Hall–Kier alpha value is -3.08. The summed E-state index contributed by atoms with van der Waals surface area (Å²) < 4.78 is 13.2. The molecule has 0 aliphatic heterocycles. The third kappa shape index (κ3) is 2.54. The second-order valence-corrected chi connectivity index (χ2v) is 5.74. The molecule has 0 aliphatic carbocycles. The van der Waals surface area contributed by atoms with Crippen molar-refractivity contribution >= 4 is 11.0 Å². The Bertz CT molecular complexity index is 956. The van der Waals surface area contributed by atoms with Gasteiger partial charge in [-0.05, 0) is 30.7 Å². The number of hydrogen-bond acceptors (Lipinski definition) is 4. The summed E-state index contributed by atoms with van der Waals surface area (Å²) in [4.78, 5) is 4.08. The van der Waals surface area contributed by atoms with Gasteiger partial charge < -0.3 is 9.15 Å². The largest absolute Gasteiger partial charge is 0.497 e. The molecule has 0 spiro atoms. The third-order valence-corrected chi connectivity index (χ3v) is 4.11. The van der Waals surface area contributed by atoms with E-state index in [0.29, 0.717) is 0 Å². The summed E-state index contributed by atoms with van der Waals surface area (Å²) in [5, 5.41) is 5.35. The zero-order valence-electron chi connectivity index (χ0n) is 13.5. The molecule has 0 bridgehead atoms. The molecule has 0 saturated heterocycles. The third-order valence-electron chi connectivity index (χ3n) is 4.11. The van der Waals surface area contributed by atoms with Gasteiger partial charge in [0.15, 0.2) is 0 Å². The summed E-state index contributed by atoms with van der Waals surface area (Å²) in [5.74, 6) is 1.59. The Morgan fingerprint density at radius 3 is 2.62 bits per heavy atom. The fourth-order valence-electron chi connectivity index (χ4n) is 2.84. The highest BCUT2D eigenvalue weighted by molar-refractivity contribution is 5.79. The summed E-state index contributed by atoms with van der Waals surface area (Å²) in [7, 11) is 1.65. The van der Waals surface area contributed by atoms with Crippen LogP contribution in [0.5, 0.6) is 5.75 Å². The van der Waals surface area contributed by atoms with Crippen molar-refractivity contribution in [2.75, 3.05) is 7.11 Å². The monoisotopic (exact) mass is 319 g/mol. The summed E-state index contributed by atoms with van der Waals surface area (Å²) in [6, 6.07) is 16.1. The minimum atomic E-state index is -0.161. The lowest BCUT2D eigenvalue weighted by molar-refractivity contribution is 0.413. The first kappa shape index (κ1) is 14.5. The van der Waals surface area contributed by atoms with Crippen LogP contribution in [0.1, 0.15) is 22.9 Å². The van der Waals surface area contributed by atoms with Gasteiger partial charge >= 0.3 is 0 Å². The van der Waals surface area contributed by atoms with Crippen LogP contribution in [-0.2, 0) is 0 Å². The second kappa shape index (κ2) is 5.85. The van der Waals surface area contributed by atoms with Gasteiger partial charge in [0.25, 0.3) is 0 Å². The Labute approximate surface area is 139 Å². The molecule has 0 radical (unpaired) electrons. The molecule has 2 heterocycles. The number of rotatable bonds is 4. The normalized spacial score (nSPS) is 12.4. The molecule has 120 valence electrons. The van der Waals surface area contributed by atoms with Gasteiger partial charge in [-0.3, -0.25) is 0 Å². The number of benzene rings is 2. The molecule has 4 aromatic rings.